The highest BCUT2D eigenvalue weighted by molar-refractivity contribution is 6.03. The molecule has 2 aromatic carbocycles. The number of furan rings is 1. The highest BCUT2D eigenvalue weighted by Gasteiger charge is 2.16. The van der Waals surface area contributed by atoms with Crippen LogP contribution in [0.5, 0.6) is 0 Å². The number of benzene rings is 2. The normalized spacial score (nSPS) is 11.0. The van der Waals surface area contributed by atoms with Gasteiger partial charge in [0.1, 0.15) is 5.58 Å². The Morgan fingerprint density at radius 3 is 2.60 bits per heavy atom. The second-order valence-electron chi connectivity index (χ2n) is 5.81. The summed E-state index contributed by atoms with van der Waals surface area (Å²) >= 11 is 0. The Balaban J connectivity index is 1.56. The Kier molecular flexibility index (Phi) is 3.57. The van der Waals surface area contributed by atoms with Crippen LogP contribution in [0.4, 0.5) is 6.01 Å². The van der Waals surface area contributed by atoms with Crippen molar-refractivity contribution in [2.45, 2.75) is 13.8 Å². The monoisotopic (exact) mass is 333 g/mol. The van der Waals surface area contributed by atoms with Gasteiger partial charge in [0.05, 0.1) is 0 Å². The van der Waals surface area contributed by atoms with E-state index in [1.807, 2.05) is 56.3 Å². The van der Waals surface area contributed by atoms with Gasteiger partial charge in [-0.1, -0.05) is 29.4 Å². The van der Waals surface area contributed by atoms with Crippen molar-refractivity contribution in [1.82, 2.24) is 10.2 Å². The molecule has 0 fully saturated rings. The van der Waals surface area contributed by atoms with Gasteiger partial charge in [0.15, 0.2) is 5.76 Å². The molecule has 1 amide bonds. The zero-order valence-corrected chi connectivity index (χ0v) is 13.7. The van der Waals surface area contributed by atoms with Crippen LogP contribution in [-0.2, 0) is 0 Å². The number of aromatic nitrogens is 2. The minimum atomic E-state index is -0.303. The van der Waals surface area contributed by atoms with Gasteiger partial charge in [-0.25, -0.2) is 0 Å². The van der Waals surface area contributed by atoms with E-state index < -0.39 is 0 Å². The number of anilines is 1. The summed E-state index contributed by atoms with van der Waals surface area (Å²) in [4.78, 5) is 12.3. The molecule has 0 saturated heterocycles. The molecular weight excluding hydrogens is 318 g/mol. The average Bonchev–Trinajstić information content (AvgIpc) is 3.23. The Hall–Kier alpha value is -3.41. The molecule has 4 rings (SSSR count). The molecule has 4 aromatic rings. The smallest absolute Gasteiger partial charge is 0.322 e. The van der Waals surface area contributed by atoms with Crippen molar-refractivity contribution < 1.29 is 13.6 Å². The Labute approximate surface area is 143 Å². The number of amides is 1. The third kappa shape index (κ3) is 2.89. The van der Waals surface area contributed by atoms with E-state index in [-0.39, 0.29) is 17.8 Å². The molecule has 2 aromatic heterocycles. The van der Waals surface area contributed by atoms with E-state index >= 15 is 0 Å². The van der Waals surface area contributed by atoms with E-state index in [1.54, 1.807) is 6.07 Å². The minimum absolute atomic E-state index is 0.0266. The number of hydrogen-bond donors (Lipinski definition) is 1. The van der Waals surface area contributed by atoms with Crippen LogP contribution in [0.3, 0.4) is 0 Å². The van der Waals surface area contributed by atoms with Crippen LogP contribution in [0, 0.1) is 13.8 Å². The molecule has 6 nitrogen and oxygen atoms in total. The van der Waals surface area contributed by atoms with Gasteiger partial charge in [0, 0.05) is 10.9 Å². The standard InChI is InChI=1S/C19H15N3O3/c1-11-7-8-14(9-12(11)2)17(23)20-19-22-21-18(25-19)16-10-13-5-3-4-6-15(13)24-16/h3-10H,1-2H3,(H,20,22,23). The van der Waals surface area contributed by atoms with Crippen LogP contribution in [-0.4, -0.2) is 16.1 Å². The molecule has 0 unspecified atom stereocenters. The number of para-hydroxylation sites is 1. The van der Waals surface area contributed by atoms with Crippen LogP contribution in [0.2, 0.25) is 0 Å². The third-order valence-corrected chi connectivity index (χ3v) is 4.05. The first kappa shape index (κ1) is 15.1. The Morgan fingerprint density at radius 1 is 0.960 bits per heavy atom. The molecule has 0 radical (unpaired) electrons. The molecule has 1 N–H and O–H groups in total. The van der Waals surface area contributed by atoms with Crippen molar-refractivity contribution in [2.24, 2.45) is 0 Å². The number of hydrogen-bond acceptors (Lipinski definition) is 5. The average molecular weight is 333 g/mol. The Morgan fingerprint density at radius 2 is 1.80 bits per heavy atom. The van der Waals surface area contributed by atoms with Crippen LogP contribution in [0.15, 0.2) is 57.4 Å². The molecule has 0 bridgehead atoms. The zero-order chi connectivity index (χ0) is 17.4. The summed E-state index contributed by atoms with van der Waals surface area (Å²) in [5.74, 6) is 0.370. The first-order chi connectivity index (χ1) is 12.1. The summed E-state index contributed by atoms with van der Waals surface area (Å²) in [5.41, 5.74) is 3.44. The lowest BCUT2D eigenvalue weighted by molar-refractivity contribution is 0.102. The molecule has 0 saturated carbocycles. The number of nitrogens with one attached hydrogen (secondary N) is 1. The van der Waals surface area contributed by atoms with Crippen LogP contribution in [0.25, 0.3) is 22.6 Å². The summed E-state index contributed by atoms with van der Waals surface area (Å²) in [7, 11) is 0. The van der Waals surface area contributed by atoms with Gasteiger partial charge >= 0.3 is 6.01 Å². The molecule has 2 heterocycles. The number of rotatable bonds is 3. The summed E-state index contributed by atoms with van der Waals surface area (Å²) in [6.45, 7) is 3.95. The van der Waals surface area contributed by atoms with E-state index in [0.717, 1.165) is 22.1 Å². The highest BCUT2D eigenvalue weighted by atomic mass is 16.4. The van der Waals surface area contributed by atoms with Gasteiger partial charge in [0.2, 0.25) is 0 Å². The quantitative estimate of drug-likeness (QED) is 0.603. The fraction of sp³-hybridized carbons (Fsp3) is 0.105. The number of carbonyl (C=O) groups is 1. The first-order valence-electron chi connectivity index (χ1n) is 7.81. The van der Waals surface area contributed by atoms with Crippen molar-refractivity contribution in [3.05, 3.63) is 65.2 Å². The maximum atomic E-state index is 12.3. The fourth-order valence-electron chi connectivity index (χ4n) is 2.51. The maximum absolute atomic E-state index is 12.3. The largest absolute Gasteiger partial charge is 0.451 e. The second kappa shape index (κ2) is 5.90. The lowest BCUT2D eigenvalue weighted by Gasteiger charge is -2.04. The van der Waals surface area contributed by atoms with E-state index in [2.05, 4.69) is 15.5 Å². The van der Waals surface area contributed by atoms with Crippen molar-refractivity contribution in [3.63, 3.8) is 0 Å². The lowest BCUT2D eigenvalue weighted by Crippen LogP contribution is -2.12. The number of aryl methyl sites for hydroxylation is 2. The van der Waals surface area contributed by atoms with Crippen molar-refractivity contribution in [2.75, 3.05) is 5.32 Å². The first-order valence-corrected chi connectivity index (χ1v) is 7.81. The van der Waals surface area contributed by atoms with Crippen LogP contribution < -0.4 is 5.32 Å². The topological polar surface area (TPSA) is 81.2 Å². The molecule has 25 heavy (non-hydrogen) atoms. The van der Waals surface area contributed by atoms with Crippen molar-refractivity contribution >= 4 is 22.9 Å². The molecule has 0 aliphatic heterocycles. The Bertz CT molecular complexity index is 1050. The predicted molar refractivity (Wildman–Crippen MR) is 93.4 cm³/mol. The molecule has 0 spiro atoms. The number of carbonyl (C=O) groups excluding carboxylic acids is 1. The second-order valence-corrected chi connectivity index (χ2v) is 5.81. The zero-order valence-electron chi connectivity index (χ0n) is 13.7. The molecule has 6 heteroatoms. The molecule has 0 atom stereocenters. The summed E-state index contributed by atoms with van der Waals surface area (Å²) in [5, 5.41) is 11.3. The van der Waals surface area contributed by atoms with E-state index in [9.17, 15) is 4.79 Å². The number of fused-ring (bicyclic) bond motifs is 1. The SMILES string of the molecule is Cc1ccc(C(=O)Nc2nnc(-c3cc4ccccc4o3)o2)cc1C. The fourth-order valence-corrected chi connectivity index (χ4v) is 2.51. The van der Waals surface area contributed by atoms with E-state index in [0.29, 0.717) is 11.3 Å². The molecule has 0 aliphatic carbocycles. The third-order valence-electron chi connectivity index (χ3n) is 4.05. The summed E-state index contributed by atoms with van der Waals surface area (Å²) < 4.78 is 11.2. The summed E-state index contributed by atoms with van der Waals surface area (Å²) in [6.07, 6.45) is 0. The van der Waals surface area contributed by atoms with Gasteiger partial charge in [-0.05, 0) is 49.2 Å². The van der Waals surface area contributed by atoms with Gasteiger partial charge in [-0.3, -0.25) is 10.1 Å². The molecule has 124 valence electrons. The molecule has 0 aliphatic rings. The number of nitrogens with zero attached hydrogens (tertiary/aromatic N) is 2. The van der Waals surface area contributed by atoms with Gasteiger partial charge < -0.3 is 8.83 Å². The molecular formula is C19H15N3O3. The van der Waals surface area contributed by atoms with Crippen molar-refractivity contribution in [3.8, 4) is 11.7 Å². The van der Waals surface area contributed by atoms with Gasteiger partial charge in [-0.2, -0.15) is 0 Å². The van der Waals surface area contributed by atoms with Crippen LogP contribution in [0.1, 0.15) is 21.5 Å². The predicted octanol–water partition coefficient (Wildman–Crippen LogP) is 4.35. The van der Waals surface area contributed by atoms with E-state index in [1.165, 1.54) is 0 Å². The summed E-state index contributed by atoms with van der Waals surface area (Å²) in [6, 6.07) is 14.9. The minimum Gasteiger partial charge on any atom is -0.451 e. The van der Waals surface area contributed by atoms with E-state index in [4.69, 9.17) is 8.83 Å². The van der Waals surface area contributed by atoms with Crippen molar-refractivity contribution in [1.29, 1.82) is 0 Å². The van der Waals surface area contributed by atoms with Gasteiger partial charge in [0.25, 0.3) is 11.8 Å². The maximum Gasteiger partial charge on any atom is 0.322 e. The van der Waals surface area contributed by atoms with Gasteiger partial charge in [-0.15, -0.1) is 5.10 Å². The highest BCUT2D eigenvalue weighted by Crippen LogP contribution is 2.27. The van der Waals surface area contributed by atoms with Crippen LogP contribution >= 0.6 is 0 Å². The lowest BCUT2D eigenvalue weighted by atomic mass is 10.1.